The summed E-state index contributed by atoms with van der Waals surface area (Å²) in [5, 5.41) is 20.3. The standard InChI is InChI=1S/C19H18N8/c1-11-8-12(2)16(13(3)9-11)26-27-19-24-17(21)23-18(25-19)22-15-6-4-14(10-20)5-7-15/h4-9H,1-3H3,(H3,21,22,23,24,25)/b27-26+. The minimum absolute atomic E-state index is 0.0347. The molecule has 0 aliphatic carbocycles. The van der Waals surface area contributed by atoms with E-state index in [1.54, 1.807) is 24.3 Å². The third-order valence-corrected chi connectivity index (χ3v) is 3.79. The van der Waals surface area contributed by atoms with E-state index >= 15 is 0 Å². The fourth-order valence-corrected chi connectivity index (χ4v) is 2.66. The van der Waals surface area contributed by atoms with Crippen LogP contribution in [0.1, 0.15) is 22.3 Å². The first-order valence-corrected chi connectivity index (χ1v) is 8.23. The van der Waals surface area contributed by atoms with Gasteiger partial charge in [-0.25, -0.2) is 0 Å². The molecule has 1 heterocycles. The predicted molar refractivity (Wildman–Crippen MR) is 104 cm³/mol. The van der Waals surface area contributed by atoms with E-state index < -0.39 is 0 Å². The van der Waals surface area contributed by atoms with E-state index in [1.807, 2.05) is 32.9 Å². The van der Waals surface area contributed by atoms with Crippen molar-refractivity contribution in [3.8, 4) is 6.07 Å². The molecule has 0 unspecified atom stereocenters. The van der Waals surface area contributed by atoms with Gasteiger partial charge in [-0.15, -0.1) is 10.2 Å². The van der Waals surface area contributed by atoms with Crippen molar-refractivity contribution in [3.05, 3.63) is 58.7 Å². The van der Waals surface area contributed by atoms with E-state index in [0.717, 1.165) is 16.8 Å². The van der Waals surface area contributed by atoms with E-state index in [-0.39, 0.29) is 17.8 Å². The highest BCUT2D eigenvalue weighted by atomic mass is 15.3. The van der Waals surface area contributed by atoms with Crippen LogP contribution in [-0.2, 0) is 0 Å². The van der Waals surface area contributed by atoms with Gasteiger partial charge in [-0.2, -0.15) is 20.2 Å². The summed E-state index contributed by atoms with van der Waals surface area (Å²) in [5.74, 6) is 0.393. The summed E-state index contributed by atoms with van der Waals surface area (Å²) in [7, 11) is 0. The highest BCUT2D eigenvalue weighted by Crippen LogP contribution is 2.27. The van der Waals surface area contributed by atoms with Crippen LogP contribution in [0, 0.1) is 32.1 Å². The zero-order valence-electron chi connectivity index (χ0n) is 15.2. The number of rotatable bonds is 4. The van der Waals surface area contributed by atoms with Crippen LogP contribution >= 0.6 is 0 Å². The van der Waals surface area contributed by atoms with E-state index in [4.69, 9.17) is 11.0 Å². The molecule has 8 nitrogen and oxygen atoms in total. The number of hydrogen-bond acceptors (Lipinski definition) is 8. The zero-order chi connectivity index (χ0) is 19.4. The van der Waals surface area contributed by atoms with Crippen LogP contribution in [0.15, 0.2) is 46.6 Å². The Hall–Kier alpha value is -3.86. The molecule has 0 saturated heterocycles. The van der Waals surface area contributed by atoms with E-state index in [1.165, 1.54) is 5.56 Å². The van der Waals surface area contributed by atoms with Gasteiger partial charge in [0.25, 0.3) is 5.95 Å². The molecule has 1 aromatic heterocycles. The van der Waals surface area contributed by atoms with Crippen molar-refractivity contribution < 1.29 is 0 Å². The minimum atomic E-state index is 0.0347. The molecular weight excluding hydrogens is 340 g/mol. The number of hydrogen-bond donors (Lipinski definition) is 2. The highest BCUT2D eigenvalue weighted by molar-refractivity contribution is 5.56. The maximum atomic E-state index is 8.86. The summed E-state index contributed by atoms with van der Waals surface area (Å²) < 4.78 is 0. The number of azo groups is 1. The molecule has 27 heavy (non-hydrogen) atoms. The number of aromatic nitrogens is 3. The Labute approximate surface area is 156 Å². The summed E-state index contributed by atoms with van der Waals surface area (Å²) >= 11 is 0. The molecule has 0 bridgehead atoms. The molecule has 2 aromatic carbocycles. The van der Waals surface area contributed by atoms with Crippen molar-refractivity contribution in [2.75, 3.05) is 11.1 Å². The van der Waals surface area contributed by atoms with E-state index in [9.17, 15) is 0 Å². The lowest BCUT2D eigenvalue weighted by molar-refractivity contribution is 1.01. The Morgan fingerprint density at radius 1 is 0.963 bits per heavy atom. The smallest absolute Gasteiger partial charge is 0.275 e. The first-order chi connectivity index (χ1) is 12.9. The van der Waals surface area contributed by atoms with Gasteiger partial charge in [0.2, 0.25) is 11.9 Å². The first kappa shape index (κ1) is 17.9. The van der Waals surface area contributed by atoms with Crippen LogP contribution in [0.5, 0.6) is 0 Å². The largest absolute Gasteiger partial charge is 0.368 e. The van der Waals surface area contributed by atoms with Crippen LogP contribution in [0.2, 0.25) is 0 Å². The van der Waals surface area contributed by atoms with Crippen LogP contribution in [0.3, 0.4) is 0 Å². The molecular formula is C19H18N8. The Kier molecular flexibility index (Phi) is 5.04. The third-order valence-electron chi connectivity index (χ3n) is 3.79. The molecule has 0 fully saturated rings. The molecule has 0 amide bonds. The lowest BCUT2D eigenvalue weighted by atomic mass is 10.1. The van der Waals surface area contributed by atoms with Crippen molar-refractivity contribution in [2.24, 2.45) is 10.2 Å². The van der Waals surface area contributed by atoms with Crippen LogP contribution in [0.25, 0.3) is 0 Å². The second kappa shape index (κ2) is 7.58. The normalized spacial score (nSPS) is 10.7. The van der Waals surface area contributed by atoms with Crippen molar-refractivity contribution in [1.82, 2.24) is 15.0 Å². The summed E-state index contributed by atoms with van der Waals surface area (Å²) in [6, 6.07) is 13.0. The minimum Gasteiger partial charge on any atom is -0.368 e. The van der Waals surface area contributed by atoms with Gasteiger partial charge in [0.15, 0.2) is 0 Å². The van der Waals surface area contributed by atoms with E-state index in [2.05, 4.69) is 36.6 Å². The van der Waals surface area contributed by atoms with Crippen LogP contribution < -0.4 is 11.1 Å². The van der Waals surface area contributed by atoms with Gasteiger partial charge in [0.05, 0.1) is 17.3 Å². The number of aryl methyl sites for hydroxylation is 3. The number of nitrogen functional groups attached to an aromatic ring is 1. The van der Waals surface area contributed by atoms with Gasteiger partial charge < -0.3 is 11.1 Å². The quantitative estimate of drug-likeness (QED) is 0.665. The lowest BCUT2D eigenvalue weighted by Crippen LogP contribution is -2.02. The number of nitrogens with two attached hydrogens (primary N) is 1. The second-order valence-corrected chi connectivity index (χ2v) is 6.08. The van der Waals surface area contributed by atoms with E-state index in [0.29, 0.717) is 11.3 Å². The molecule has 134 valence electrons. The molecule has 3 aromatic rings. The molecule has 0 spiro atoms. The SMILES string of the molecule is Cc1cc(C)c(/N=N/c2nc(N)nc(Nc3ccc(C#N)cc3)n2)c(C)c1. The van der Waals surface area contributed by atoms with Crippen molar-refractivity contribution in [3.63, 3.8) is 0 Å². The number of nitrogens with zero attached hydrogens (tertiary/aromatic N) is 6. The topological polar surface area (TPSA) is 125 Å². The Morgan fingerprint density at radius 2 is 1.63 bits per heavy atom. The number of benzene rings is 2. The number of nitriles is 1. The molecule has 3 rings (SSSR count). The third kappa shape index (κ3) is 4.41. The fourth-order valence-electron chi connectivity index (χ4n) is 2.66. The van der Waals surface area contributed by atoms with Crippen molar-refractivity contribution in [1.29, 1.82) is 5.26 Å². The average molecular weight is 358 g/mol. The highest BCUT2D eigenvalue weighted by Gasteiger charge is 2.07. The van der Waals surface area contributed by atoms with Crippen molar-refractivity contribution >= 4 is 29.2 Å². The van der Waals surface area contributed by atoms with Crippen LogP contribution in [-0.4, -0.2) is 15.0 Å². The molecule has 8 heteroatoms. The molecule has 0 radical (unpaired) electrons. The Morgan fingerprint density at radius 3 is 2.26 bits per heavy atom. The summed E-state index contributed by atoms with van der Waals surface area (Å²) in [4.78, 5) is 12.3. The monoisotopic (exact) mass is 358 g/mol. The molecule has 0 atom stereocenters. The average Bonchev–Trinajstić information content (AvgIpc) is 2.61. The predicted octanol–water partition coefficient (Wildman–Crippen LogP) is 4.41. The summed E-state index contributed by atoms with van der Waals surface area (Å²) in [5.41, 5.74) is 11.0. The summed E-state index contributed by atoms with van der Waals surface area (Å²) in [6.07, 6.45) is 0. The Bertz CT molecular complexity index is 1030. The van der Waals surface area contributed by atoms with Gasteiger partial charge in [-0.05, 0) is 56.2 Å². The number of nitrogens with one attached hydrogen (secondary N) is 1. The van der Waals surface area contributed by atoms with Gasteiger partial charge in [-0.1, -0.05) is 17.7 Å². The lowest BCUT2D eigenvalue weighted by Gasteiger charge is -2.06. The van der Waals surface area contributed by atoms with Gasteiger partial charge in [-0.3, -0.25) is 0 Å². The zero-order valence-corrected chi connectivity index (χ0v) is 15.2. The van der Waals surface area contributed by atoms with Gasteiger partial charge in [0.1, 0.15) is 0 Å². The molecule has 0 aliphatic heterocycles. The van der Waals surface area contributed by atoms with Gasteiger partial charge >= 0.3 is 0 Å². The summed E-state index contributed by atoms with van der Waals surface area (Å²) in [6.45, 7) is 6.00. The maximum absolute atomic E-state index is 8.86. The van der Waals surface area contributed by atoms with Crippen molar-refractivity contribution in [2.45, 2.75) is 20.8 Å². The molecule has 0 aliphatic rings. The van der Waals surface area contributed by atoms with Crippen LogP contribution in [0.4, 0.5) is 29.2 Å². The Balaban J connectivity index is 1.86. The fraction of sp³-hybridized carbons (Fsp3) is 0.158. The first-order valence-electron chi connectivity index (χ1n) is 8.23. The second-order valence-electron chi connectivity index (χ2n) is 6.08. The van der Waals surface area contributed by atoms with Gasteiger partial charge in [0, 0.05) is 5.69 Å². The molecule has 3 N–H and O–H groups in total. The number of anilines is 3. The molecule has 0 saturated carbocycles. The maximum Gasteiger partial charge on any atom is 0.275 e.